The highest BCUT2D eigenvalue weighted by Gasteiger charge is 2.09. The van der Waals surface area contributed by atoms with Gasteiger partial charge in [-0.15, -0.1) is 11.3 Å². The molecule has 0 radical (unpaired) electrons. The molecule has 0 amide bonds. The molecule has 0 atom stereocenters. The van der Waals surface area contributed by atoms with Crippen molar-refractivity contribution in [1.82, 2.24) is 9.97 Å². The van der Waals surface area contributed by atoms with E-state index in [-0.39, 0.29) is 6.61 Å². The van der Waals surface area contributed by atoms with E-state index >= 15 is 0 Å². The Labute approximate surface area is 122 Å². The van der Waals surface area contributed by atoms with Crippen LogP contribution >= 0.6 is 11.3 Å². The molecule has 20 heavy (non-hydrogen) atoms. The van der Waals surface area contributed by atoms with Crippen LogP contribution in [0.3, 0.4) is 0 Å². The fourth-order valence-corrected chi connectivity index (χ4v) is 3.15. The molecule has 3 aromatic rings. The van der Waals surface area contributed by atoms with Gasteiger partial charge in [0.15, 0.2) is 0 Å². The molecule has 102 valence electrons. The van der Waals surface area contributed by atoms with Crippen LogP contribution in [0.25, 0.3) is 21.5 Å². The van der Waals surface area contributed by atoms with Gasteiger partial charge in [0.25, 0.3) is 0 Å². The Hall–Kier alpha value is -1.78. The Morgan fingerprint density at radius 2 is 2.05 bits per heavy atom. The Morgan fingerprint density at radius 3 is 2.75 bits per heavy atom. The third kappa shape index (κ3) is 2.32. The van der Waals surface area contributed by atoms with Crippen LogP contribution < -0.4 is 0 Å². The number of aliphatic hydroxyl groups excluding tert-OH is 1. The quantitative estimate of drug-likeness (QED) is 0.800. The van der Waals surface area contributed by atoms with Gasteiger partial charge in [-0.05, 0) is 49.6 Å². The van der Waals surface area contributed by atoms with Crippen LogP contribution in [0.4, 0.5) is 0 Å². The first-order valence-corrected chi connectivity index (χ1v) is 7.48. The molecule has 1 aromatic carbocycles. The van der Waals surface area contributed by atoms with Crippen molar-refractivity contribution in [1.29, 1.82) is 0 Å². The molecule has 0 spiro atoms. The Bertz CT molecular complexity index is 764. The molecule has 2 aromatic heterocycles. The molecule has 0 aliphatic heterocycles. The number of hydrogen-bond acceptors (Lipinski definition) is 4. The molecule has 2 heterocycles. The third-order valence-corrected chi connectivity index (χ3v) is 4.41. The summed E-state index contributed by atoms with van der Waals surface area (Å²) in [5.41, 5.74) is 7.22. The van der Waals surface area contributed by atoms with Crippen LogP contribution in [0.15, 0.2) is 29.8 Å². The van der Waals surface area contributed by atoms with Crippen molar-refractivity contribution in [3.8, 4) is 10.6 Å². The van der Waals surface area contributed by atoms with Crippen molar-refractivity contribution in [3.63, 3.8) is 0 Å². The third-order valence-electron chi connectivity index (χ3n) is 3.46. The topological polar surface area (TPSA) is 46.0 Å². The lowest BCUT2D eigenvalue weighted by molar-refractivity contribution is 0.299. The number of hydrogen-bond donors (Lipinski definition) is 1. The predicted octanol–water partition coefficient (Wildman–Crippen LogP) is 3.51. The summed E-state index contributed by atoms with van der Waals surface area (Å²) in [5.74, 6) is 0. The fraction of sp³-hybridized carbons (Fsp3) is 0.250. The van der Waals surface area contributed by atoms with Crippen LogP contribution in [0.2, 0.25) is 0 Å². The van der Waals surface area contributed by atoms with Crippen molar-refractivity contribution in [2.75, 3.05) is 6.61 Å². The second-order valence-electron chi connectivity index (χ2n) is 4.92. The van der Waals surface area contributed by atoms with Crippen LogP contribution in [0.5, 0.6) is 0 Å². The average molecular weight is 284 g/mol. The molecule has 0 aliphatic carbocycles. The molecule has 0 saturated heterocycles. The Balaban J connectivity index is 2.15. The van der Waals surface area contributed by atoms with E-state index in [0.717, 1.165) is 32.7 Å². The number of pyridine rings is 1. The number of fused-ring (bicyclic) bond motifs is 1. The second kappa shape index (κ2) is 5.31. The van der Waals surface area contributed by atoms with E-state index in [4.69, 9.17) is 10.1 Å². The minimum Gasteiger partial charge on any atom is -0.396 e. The zero-order chi connectivity index (χ0) is 14.1. The van der Waals surface area contributed by atoms with E-state index in [1.165, 1.54) is 5.56 Å². The van der Waals surface area contributed by atoms with Gasteiger partial charge >= 0.3 is 0 Å². The van der Waals surface area contributed by atoms with Gasteiger partial charge < -0.3 is 5.11 Å². The number of nitrogens with zero attached hydrogens (tertiary/aromatic N) is 2. The molecule has 4 heteroatoms. The Morgan fingerprint density at radius 1 is 1.20 bits per heavy atom. The average Bonchev–Trinajstić information content (AvgIpc) is 2.86. The predicted molar refractivity (Wildman–Crippen MR) is 83.1 cm³/mol. The van der Waals surface area contributed by atoms with Crippen LogP contribution in [0.1, 0.15) is 16.8 Å². The zero-order valence-electron chi connectivity index (χ0n) is 11.6. The summed E-state index contributed by atoms with van der Waals surface area (Å²) in [7, 11) is 0. The maximum absolute atomic E-state index is 9.04. The lowest BCUT2D eigenvalue weighted by Gasteiger charge is -2.07. The van der Waals surface area contributed by atoms with Gasteiger partial charge in [-0.1, -0.05) is 6.07 Å². The van der Waals surface area contributed by atoms with Crippen molar-refractivity contribution >= 4 is 22.2 Å². The SMILES string of the molecule is Cc1ncsc1-c1cc(C)c2cc(CCO)ccc2n1. The number of thiazole rings is 1. The van der Waals surface area contributed by atoms with Gasteiger partial charge in [-0.3, -0.25) is 0 Å². The molecule has 3 nitrogen and oxygen atoms in total. The van der Waals surface area contributed by atoms with E-state index in [2.05, 4.69) is 24.0 Å². The van der Waals surface area contributed by atoms with E-state index in [0.29, 0.717) is 6.42 Å². The molecule has 1 N–H and O–H groups in total. The summed E-state index contributed by atoms with van der Waals surface area (Å²) in [5, 5.41) is 10.2. The summed E-state index contributed by atoms with van der Waals surface area (Å²) in [4.78, 5) is 10.2. The standard InChI is InChI=1S/C16H16N2OS/c1-10-7-15(16-11(2)17-9-20-16)18-14-4-3-12(5-6-19)8-13(10)14/h3-4,7-9,19H,5-6H2,1-2H3. The largest absolute Gasteiger partial charge is 0.396 e. The van der Waals surface area contributed by atoms with Crippen molar-refractivity contribution in [2.45, 2.75) is 20.3 Å². The highest BCUT2D eigenvalue weighted by atomic mass is 32.1. The smallest absolute Gasteiger partial charge is 0.0831 e. The molecular formula is C16H16N2OS. The highest BCUT2D eigenvalue weighted by Crippen LogP contribution is 2.29. The summed E-state index contributed by atoms with van der Waals surface area (Å²) in [6.07, 6.45) is 0.686. The number of aryl methyl sites for hydroxylation is 2. The maximum atomic E-state index is 9.04. The lowest BCUT2D eigenvalue weighted by atomic mass is 10.0. The van der Waals surface area contributed by atoms with Crippen LogP contribution in [-0.4, -0.2) is 21.7 Å². The van der Waals surface area contributed by atoms with Gasteiger partial charge in [-0.2, -0.15) is 0 Å². The molecule has 0 fully saturated rings. The molecule has 0 bridgehead atoms. The minimum absolute atomic E-state index is 0.177. The number of aliphatic hydroxyl groups is 1. The number of benzene rings is 1. The highest BCUT2D eigenvalue weighted by molar-refractivity contribution is 7.13. The zero-order valence-corrected chi connectivity index (χ0v) is 12.4. The first kappa shape index (κ1) is 13.2. The van der Waals surface area contributed by atoms with E-state index in [9.17, 15) is 0 Å². The number of aromatic nitrogens is 2. The molecule has 0 saturated carbocycles. The van der Waals surface area contributed by atoms with Gasteiger partial charge in [0.05, 0.1) is 27.3 Å². The minimum atomic E-state index is 0.177. The molecule has 3 rings (SSSR count). The van der Waals surface area contributed by atoms with E-state index in [1.54, 1.807) is 11.3 Å². The fourth-order valence-electron chi connectivity index (χ4n) is 2.39. The van der Waals surface area contributed by atoms with Gasteiger partial charge in [0, 0.05) is 12.0 Å². The monoisotopic (exact) mass is 284 g/mol. The maximum Gasteiger partial charge on any atom is 0.0831 e. The first-order chi connectivity index (χ1) is 9.69. The van der Waals surface area contributed by atoms with Crippen LogP contribution in [-0.2, 0) is 6.42 Å². The van der Waals surface area contributed by atoms with Crippen molar-refractivity contribution in [2.24, 2.45) is 0 Å². The van der Waals surface area contributed by atoms with Gasteiger partial charge in [-0.25, -0.2) is 9.97 Å². The lowest BCUT2D eigenvalue weighted by Crippen LogP contribution is -1.93. The first-order valence-electron chi connectivity index (χ1n) is 6.60. The molecule has 0 aliphatic rings. The molecular weight excluding hydrogens is 268 g/mol. The van der Waals surface area contributed by atoms with Crippen molar-refractivity contribution < 1.29 is 5.11 Å². The van der Waals surface area contributed by atoms with Crippen LogP contribution in [0, 0.1) is 13.8 Å². The summed E-state index contributed by atoms with van der Waals surface area (Å²) in [6, 6.07) is 8.31. The summed E-state index contributed by atoms with van der Waals surface area (Å²) in [6.45, 7) is 4.29. The van der Waals surface area contributed by atoms with E-state index < -0.39 is 0 Å². The van der Waals surface area contributed by atoms with Gasteiger partial charge in [0.1, 0.15) is 0 Å². The van der Waals surface area contributed by atoms with Crippen molar-refractivity contribution in [3.05, 3.63) is 46.6 Å². The Kier molecular flexibility index (Phi) is 3.51. The van der Waals surface area contributed by atoms with E-state index in [1.807, 2.05) is 24.6 Å². The molecule has 0 unspecified atom stereocenters. The number of rotatable bonds is 3. The summed E-state index contributed by atoms with van der Waals surface area (Å²) < 4.78 is 0. The second-order valence-corrected chi connectivity index (χ2v) is 5.77. The normalized spacial score (nSPS) is 11.2. The van der Waals surface area contributed by atoms with Gasteiger partial charge in [0.2, 0.25) is 0 Å². The summed E-state index contributed by atoms with van der Waals surface area (Å²) >= 11 is 1.62.